The fourth-order valence-corrected chi connectivity index (χ4v) is 7.34. The van der Waals surface area contributed by atoms with Gasteiger partial charge in [0.05, 0.1) is 12.1 Å². The van der Waals surface area contributed by atoms with Crippen LogP contribution in [0.15, 0.2) is 54.6 Å². The van der Waals surface area contributed by atoms with Crippen LogP contribution in [0.5, 0.6) is 0 Å². The molecule has 0 radical (unpaired) electrons. The van der Waals surface area contributed by atoms with Gasteiger partial charge in [-0.1, -0.05) is 42.8 Å². The molecule has 2 aliphatic heterocycles. The first-order chi connectivity index (χ1) is 17.5. The molecule has 2 saturated heterocycles. The Labute approximate surface area is 217 Å². The minimum atomic E-state index is -0.0649. The second-order valence-electron chi connectivity index (χ2n) is 12.0. The summed E-state index contributed by atoms with van der Waals surface area (Å²) >= 11 is 0. The van der Waals surface area contributed by atoms with E-state index in [1.807, 2.05) is 0 Å². The Morgan fingerprint density at radius 3 is 2.19 bits per heavy atom. The van der Waals surface area contributed by atoms with Crippen molar-refractivity contribution in [1.29, 1.82) is 0 Å². The van der Waals surface area contributed by atoms with Crippen LogP contribution in [0.2, 0.25) is 0 Å². The zero-order valence-electron chi connectivity index (χ0n) is 22.2. The smallest absolute Gasteiger partial charge is 0.325 e. The highest BCUT2D eigenvalue weighted by Crippen LogP contribution is 2.50. The third kappa shape index (κ3) is 4.00. The van der Waals surface area contributed by atoms with E-state index in [4.69, 9.17) is 0 Å². The maximum atomic E-state index is 14.1. The average molecular weight is 487 g/mol. The molecule has 0 aromatic heterocycles. The highest BCUT2D eigenvalue weighted by atomic mass is 16.2. The molecule has 2 aromatic carbocycles. The predicted octanol–water partition coefficient (Wildman–Crippen LogP) is 6.10. The van der Waals surface area contributed by atoms with Gasteiger partial charge in [0.2, 0.25) is 0 Å². The zero-order chi connectivity index (χ0) is 24.8. The highest BCUT2D eigenvalue weighted by Gasteiger charge is 2.55. The Bertz CT molecular complexity index is 1060. The van der Waals surface area contributed by atoms with Gasteiger partial charge in [0.25, 0.3) is 0 Å². The Morgan fingerprint density at radius 1 is 0.861 bits per heavy atom. The van der Waals surface area contributed by atoms with E-state index in [1.54, 1.807) is 0 Å². The van der Waals surface area contributed by atoms with E-state index in [0.29, 0.717) is 5.92 Å². The predicted molar refractivity (Wildman–Crippen MR) is 148 cm³/mol. The summed E-state index contributed by atoms with van der Waals surface area (Å²) in [4.78, 5) is 23.4. The number of amides is 2. The standard InChI is InChI=1S/C31H42N4O/c1-32(2)31(26-12-4-3-5-13-26)18-16-30(17-19-31)24-34(29(36)35(30)23-25-10-8-11-25)28-15-9-14-27(22-28)33-20-6-7-21-33/h3-5,9,12-15,22,25H,6-8,10-11,16-21,23-24H2,1-2H3/t30-,31+. The van der Waals surface area contributed by atoms with Crippen LogP contribution in [0.25, 0.3) is 0 Å². The van der Waals surface area contributed by atoms with E-state index >= 15 is 0 Å². The first-order valence-corrected chi connectivity index (χ1v) is 14.2. The van der Waals surface area contributed by atoms with Gasteiger partial charge in [-0.3, -0.25) is 9.80 Å². The largest absolute Gasteiger partial charge is 0.371 e. The third-order valence-electron chi connectivity index (χ3n) is 9.94. The summed E-state index contributed by atoms with van der Waals surface area (Å²) in [6.45, 7) is 4.00. The number of hydrogen-bond acceptors (Lipinski definition) is 3. The summed E-state index contributed by atoms with van der Waals surface area (Å²) in [5, 5.41) is 0. The second-order valence-corrected chi connectivity index (χ2v) is 12.0. The molecule has 2 aliphatic carbocycles. The summed E-state index contributed by atoms with van der Waals surface area (Å²) in [5.41, 5.74) is 3.73. The van der Waals surface area contributed by atoms with Crippen LogP contribution in [-0.2, 0) is 5.54 Å². The Balaban J connectivity index is 1.29. The van der Waals surface area contributed by atoms with E-state index in [1.165, 1.54) is 43.4 Å². The molecule has 0 bridgehead atoms. The number of carbonyl (C=O) groups is 1. The van der Waals surface area contributed by atoms with Gasteiger partial charge in [0.1, 0.15) is 0 Å². The minimum Gasteiger partial charge on any atom is -0.371 e. The molecule has 0 atom stereocenters. The Morgan fingerprint density at radius 2 is 1.56 bits per heavy atom. The molecule has 6 rings (SSSR count). The van der Waals surface area contributed by atoms with Gasteiger partial charge in [0, 0.05) is 36.5 Å². The molecule has 2 amide bonds. The number of carbonyl (C=O) groups excluding carboxylic acids is 1. The van der Waals surface area contributed by atoms with Crippen molar-refractivity contribution in [3.63, 3.8) is 0 Å². The van der Waals surface area contributed by atoms with Crippen molar-refractivity contribution in [3.05, 3.63) is 60.2 Å². The molecule has 2 heterocycles. The molecule has 5 heteroatoms. The summed E-state index contributed by atoms with van der Waals surface area (Å²) in [7, 11) is 4.46. The van der Waals surface area contributed by atoms with Crippen molar-refractivity contribution >= 4 is 17.4 Å². The van der Waals surface area contributed by atoms with E-state index < -0.39 is 0 Å². The molecule has 36 heavy (non-hydrogen) atoms. The number of hydrogen-bond donors (Lipinski definition) is 0. The molecule has 0 N–H and O–H groups in total. The molecule has 4 aliphatic rings. The van der Waals surface area contributed by atoms with Gasteiger partial charge in [-0.15, -0.1) is 0 Å². The molecule has 1 spiro atoms. The van der Waals surface area contributed by atoms with Crippen LogP contribution in [0.4, 0.5) is 16.2 Å². The number of nitrogens with zero attached hydrogens (tertiary/aromatic N) is 4. The lowest BCUT2D eigenvalue weighted by molar-refractivity contribution is 0.0172. The van der Waals surface area contributed by atoms with Crippen molar-refractivity contribution < 1.29 is 4.79 Å². The van der Waals surface area contributed by atoms with Crippen LogP contribution in [0.3, 0.4) is 0 Å². The summed E-state index contributed by atoms with van der Waals surface area (Å²) < 4.78 is 0. The lowest BCUT2D eigenvalue weighted by Crippen LogP contribution is -2.56. The molecular formula is C31H42N4O. The monoisotopic (exact) mass is 486 g/mol. The molecule has 2 saturated carbocycles. The first kappa shape index (κ1) is 23.8. The average Bonchev–Trinajstić information content (AvgIpc) is 3.50. The number of urea groups is 1. The van der Waals surface area contributed by atoms with Crippen LogP contribution < -0.4 is 9.80 Å². The summed E-state index contributed by atoms with van der Waals surface area (Å²) in [5.74, 6) is 0.677. The van der Waals surface area contributed by atoms with Gasteiger partial charge in [-0.2, -0.15) is 0 Å². The number of anilines is 2. The summed E-state index contributed by atoms with van der Waals surface area (Å²) in [6, 6.07) is 20.0. The lowest BCUT2D eigenvalue weighted by atomic mass is 9.68. The highest BCUT2D eigenvalue weighted by molar-refractivity contribution is 5.96. The molecular weight excluding hydrogens is 444 g/mol. The summed E-state index contributed by atoms with van der Waals surface area (Å²) in [6.07, 6.45) is 10.7. The number of benzene rings is 2. The third-order valence-corrected chi connectivity index (χ3v) is 9.94. The van der Waals surface area contributed by atoms with Crippen molar-refractivity contribution in [2.24, 2.45) is 5.92 Å². The minimum absolute atomic E-state index is 0.0424. The fourth-order valence-electron chi connectivity index (χ4n) is 7.34. The molecule has 5 nitrogen and oxygen atoms in total. The van der Waals surface area contributed by atoms with E-state index in [2.05, 4.69) is 88.3 Å². The van der Waals surface area contributed by atoms with Crippen LogP contribution in [-0.4, -0.2) is 61.6 Å². The van der Waals surface area contributed by atoms with Gasteiger partial charge in [0.15, 0.2) is 0 Å². The van der Waals surface area contributed by atoms with Gasteiger partial charge in [-0.25, -0.2) is 4.79 Å². The SMILES string of the molecule is CN(C)[C@]1(c2ccccc2)CC[C@]2(CC1)CN(c1cccc(N3CCCC3)c1)C(=O)N2CC1CCC1. The van der Waals surface area contributed by atoms with E-state index in [0.717, 1.165) is 57.5 Å². The number of rotatable bonds is 6. The maximum absolute atomic E-state index is 14.1. The first-order valence-electron chi connectivity index (χ1n) is 14.2. The van der Waals surface area contributed by atoms with Crippen molar-refractivity contribution in [1.82, 2.24) is 9.80 Å². The van der Waals surface area contributed by atoms with Crippen LogP contribution in [0, 0.1) is 5.92 Å². The Kier molecular flexibility index (Phi) is 6.23. The van der Waals surface area contributed by atoms with Gasteiger partial charge in [-0.05, 0) is 95.1 Å². The quantitative estimate of drug-likeness (QED) is 0.494. The van der Waals surface area contributed by atoms with Gasteiger partial charge >= 0.3 is 6.03 Å². The van der Waals surface area contributed by atoms with Crippen molar-refractivity contribution in [2.45, 2.75) is 68.9 Å². The topological polar surface area (TPSA) is 30.0 Å². The fraction of sp³-hybridized carbons (Fsp3) is 0.581. The normalized spacial score (nSPS) is 29.0. The van der Waals surface area contributed by atoms with Crippen molar-refractivity contribution in [2.75, 3.05) is 50.1 Å². The van der Waals surface area contributed by atoms with Crippen LogP contribution in [0.1, 0.15) is 63.4 Å². The maximum Gasteiger partial charge on any atom is 0.325 e. The molecule has 4 fully saturated rings. The second kappa shape index (κ2) is 9.41. The van der Waals surface area contributed by atoms with Crippen LogP contribution >= 0.6 is 0 Å². The van der Waals surface area contributed by atoms with Crippen molar-refractivity contribution in [3.8, 4) is 0 Å². The zero-order valence-corrected chi connectivity index (χ0v) is 22.2. The molecule has 2 aromatic rings. The lowest BCUT2D eigenvalue weighted by Gasteiger charge is -2.51. The van der Waals surface area contributed by atoms with E-state index in [9.17, 15) is 4.79 Å². The van der Waals surface area contributed by atoms with Gasteiger partial charge < -0.3 is 9.80 Å². The Hall–Kier alpha value is -2.53. The molecule has 192 valence electrons. The van der Waals surface area contributed by atoms with E-state index in [-0.39, 0.29) is 17.1 Å². The molecule has 0 unspecified atom stereocenters.